The van der Waals surface area contributed by atoms with Crippen molar-refractivity contribution in [1.82, 2.24) is 0 Å². The van der Waals surface area contributed by atoms with Crippen LogP contribution in [0.25, 0.3) is 11.0 Å². The maximum Gasteiger partial charge on any atom is 0.350 e. The van der Waals surface area contributed by atoms with Gasteiger partial charge in [0.05, 0.1) is 12.0 Å². The van der Waals surface area contributed by atoms with Crippen molar-refractivity contribution in [2.75, 3.05) is 6.61 Å². The number of hydrogen-bond donors (Lipinski definition) is 0. The Balaban J connectivity index is 2.86. The van der Waals surface area contributed by atoms with Gasteiger partial charge in [0.2, 0.25) is 0 Å². The molecule has 1 aromatic carbocycles. The Morgan fingerprint density at radius 3 is 2.81 bits per heavy atom. The molecule has 0 atom stereocenters. The van der Waals surface area contributed by atoms with Crippen LogP contribution in [0.3, 0.4) is 0 Å². The quantitative estimate of drug-likeness (QED) is 0.584. The van der Waals surface area contributed by atoms with E-state index < -0.39 is 5.63 Å². The van der Waals surface area contributed by atoms with Gasteiger partial charge in [-0.05, 0) is 19.1 Å². The van der Waals surface area contributed by atoms with Crippen LogP contribution in [0.1, 0.15) is 17.3 Å². The summed E-state index contributed by atoms with van der Waals surface area (Å²) >= 11 is 0. The molecule has 0 unspecified atom stereocenters. The van der Waals surface area contributed by atoms with Crippen LogP contribution in [-0.2, 0) is 0 Å². The minimum absolute atomic E-state index is 0.0689. The second-order valence-electron chi connectivity index (χ2n) is 3.18. The van der Waals surface area contributed by atoms with Crippen molar-refractivity contribution in [3.63, 3.8) is 0 Å². The summed E-state index contributed by atoms with van der Waals surface area (Å²) in [4.78, 5) is 22.3. The number of rotatable bonds is 3. The fourth-order valence-electron chi connectivity index (χ4n) is 1.54. The molecule has 1 aromatic heterocycles. The number of carbonyl (C=O) groups excluding carboxylic acids is 1. The molecule has 0 aliphatic heterocycles. The summed E-state index contributed by atoms with van der Waals surface area (Å²) in [5, 5.41) is 0.631. The molecule has 2 rings (SSSR count). The normalized spacial score (nSPS) is 10.3. The second-order valence-corrected chi connectivity index (χ2v) is 3.18. The summed E-state index contributed by atoms with van der Waals surface area (Å²) in [6, 6.07) is 6.95. The van der Waals surface area contributed by atoms with Crippen LogP contribution in [0, 0.1) is 0 Å². The first-order valence-electron chi connectivity index (χ1n) is 4.91. The molecule has 0 fully saturated rings. The zero-order chi connectivity index (χ0) is 11.5. The van der Waals surface area contributed by atoms with Crippen molar-refractivity contribution >= 4 is 17.3 Å². The first-order chi connectivity index (χ1) is 7.77. The maximum atomic E-state index is 11.5. The van der Waals surface area contributed by atoms with Crippen LogP contribution in [-0.4, -0.2) is 12.9 Å². The molecule has 0 bridgehead atoms. The summed E-state index contributed by atoms with van der Waals surface area (Å²) in [6.45, 7) is 2.17. The van der Waals surface area contributed by atoms with Gasteiger partial charge in [-0.15, -0.1) is 0 Å². The topological polar surface area (TPSA) is 56.5 Å². The molecule has 2 aromatic rings. The molecule has 0 spiro atoms. The van der Waals surface area contributed by atoms with Gasteiger partial charge in [0.15, 0.2) is 6.29 Å². The molecule has 1 heterocycles. The fraction of sp³-hybridized carbons (Fsp3) is 0.167. The lowest BCUT2D eigenvalue weighted by Crippen LogP contribution is -2.10. The lowest BCUT2D eigenvalue weighted by molar-refractivity contribution is 0.111. The fourth-order valence-corrected chi connectivity index (χ4v) is 1.54. The third kappa shape index (κ3) is 1.58. The molecule has 82 valence electrons. The van der Waals surface area contributed by atoms with E-state index >= 15 is 0 Å². The van der Waals surface area contributed by atoms with Gasteiger partial charge < -0.3 is 9.15 Å². The Labute approximate surface area is 91.4 Å². The molecular weight excluding hydrogens is 208 g/mol. The highest BCUT2D eigenvalue weighted by Gasteiger charge is 2.14. The lowest BCUT2D eigenvalue weighted by atomic mass is 10.1. The van der Waals surface area contributed by atoms with Crippen molar-refractivity contribution < 1.29 is 13.9 Å². The number of carbonyl (C=O) groups is 1. The van der Waals surface area contributed by atoms with E-state index in [1.54, 1.807) is 31.2 Å². The second kappa shape index (κ2) is 4.18. The maximum absolute atomic E-state index is 11.5. The molecule has 0 N–H and O–H groups in total. The minimum Gasteiger partial charge on any atom is -0.492 e. The number of aldehydes is 1. The third-order valence-electron chi connectivity index (χ3n) is 2.21. The Hall–Kier alpha value is -2.10. The average Bonchev–Trinajstić information content (AvgIpc) is 2.29. The van der Waals surface area contributed by atoms with E-state index in [9.17, 15) is 9.59 Å². The molecule has 0 amide bonds. The molecule has 0 saturated carbocycles. The summed E-state index contributed by atoms with van der Waals surface area (Å²) in [5.74, 6) is 0.296. The van der Waals surface area contributed by atoms with Crippen molar-refractivity contribution in [3.8, 4) is 5.75 Å². The van der Waals surface area contributed by atoms with E-state index in [1.807, 2.05) is 0 Å². The van der Waals surface area contributed by atoms with Crippen LogP contribution in [0.5, 0.6) is 5.75 Å². The Morgan fingerprint density at radius 2 is 2.12 bits per heavy atom. The van der Waals surface area contributed by atoms with E-state index in [2.05, 4.69) is 0 Å². The minimum atomic E-state index is -0.669. The number of hydrogen-bond acceptors (Lipinski definition) is 4. The van der Waals surface area contributed by atoms with Crippen molar-refractivity contribution in [1.29, 1.82) is 0 Å². The standard InChI is InChI=1S/C12H10O4/c1-2-15-11-8-5-3-4-6-10(8)16-12(14)9(11)7-13/h3-7H,2H2,1H3. The van der Waals surface area contributed by atoms with Crippen molar-refractivity contribution in [2.24, 2.45) is 0 Å². The lowest BCUT2D eigenvalue weighted by Gasteiger charge is -2.07. The first-order valence-corrected chi connectivity index (χ1v) is 4.91. The highest BCUT2D eigenvalue weighted by atomic mass is 16.5. The van der Waals surface area contributed by atoms with Crippen LogP contribution in [0.2, 0.25) is 0 Å². The van der Waals surface area contributed by atoms with E-state index in [0.29, 0.717) is 29.6 Å². The largest absolute Gasteiger partial charge is 0.492 e. The van der Waals surface area contributed by atoms with Crippen LogP contribution < -0.4 is 10.4 Å². The third-order valence-corrected chi connectivity index (χ3v) is 2.21. The van der Waals surface area contributed by atoms with Gasteiger partial charge in [-0.1, -0.05) is 12.1 Å². The summed E-state index contributed by atoms with van der Waals surface area (Å²) in [5.41, 5.74) is -0.320. The van der Waals surface area contributed by atoms with E-state index in [-0.39, 0.29) is 5.56 Å². The average molecular weight is 218 g/mol. The number of fused-ring (bicyclic) bond motifs is 1. The van der Waals surface area contributed by atoms with Gasteiger partial charge in [-0.2, -0.15) is 0 Å². The highest BCUT2D eigenvalue weighted by Crippen LogP contribution is 2.26. The molecule has 4 nitrogen and oxygen atoms in total. The first kappa shape index (κ1) is 10.4. The zero-order valence-corrected chi connectivity index (χ0v) is 8.73. The molecular formula is C12H10O4. The highest BCUT2D eigenvalue weighted by molar-refractivity contribution is 5.92. The van der Waals surface area contributed by atoms with Gasteiger partial charge in [0, 0.05) is 0 Å². The van der Waals surface area contributed by atoms with Gasteiger partial charge in [-0.25, -0.2) is 4.79 Å². The molecule has 0 aliphatic rings. The van der Waals surface area contributed by atoms with Gasteiger partial charge in [0.1, 0.15) is 16.9 Å². The van der Waals surface area contributed by atoms with Gasteiger partial charge in [0.25, 0.3) is 0 Å². The predicted octanol–water partition coefficient (Wildman–Crippen LogP) is 2.00. The van der Waals surface area contributed by atoms with Crippen LogP contribution in [0.15, 0.2) is 33.5 Å². The van der Waals surface area contributed by atoms with E-state index in [4.69, 9.17) is 9.15 Å². The molecule has 4 heteroatoms. The van der Waals surface area contributed by atoms with Gasteiger partial charge >= 0.3 is 5.63 Å². The summed E-state index contributed by atoms with van der Waals surface area (Å²) in [6.07, 6.45) is 0.462. The number of benzene rings is 1. The number of ether oxygens (including phenoxy) is 1. The number of para-hydroxylation sites is 1. The molecule has 0 aliphatic carbocycles. The predicted molar refractivity (Wildman–Crippen MR) is 59.0 cm³/mol. The SMILES string of the molecule is CCOc1c(C=O)c(=O)oc2ccccc12. The van der Waals surface area contributed by atoms with Gasteiger partial charge in [-0.3, -0.25) is 4.79 Å². The summed E-state index contributed by atoms with van der Waals surface area (Å²) in [7, 11) is 0. The molecule has 16 heavy (non-hydrogen) atoms. The molecule has 0 radical (unpaired) electrons. The van der Waals surface area contributed by atoms with Crippen LogP contribution >= 0.6 is 0 Å². The Bertz CT molecular complexity index is 583. The van der Waals surface area contributed by atoms with E-state index in [1.165, 1.54) is 0 Å². The molecule has 0 saturated heterocycles. The van der Waals surface area contributed by atoms with Crippen molar-refractivity contribution in [2.45, 2.75) is 6.92 Å². The monoisotopic (exact) mass is 218 g/mol. The van der Waals surface area contributed by atoms with E-state index in [0.717, 1.165) is 0 Å². The summed E-state index contributed by atoms with van der Waals surface area (Å²) < 4.78 is 10.3. The Morgan fingerprint density at radius 1 is 1.38 bits per heavy atom. The Kier molecular flexibility index (Phi) is 2.72. The van der Waals surface area contributed by atoms with Crippen LogP contribution in [0.4, 0.5) is 0 Å². The van der Waals surface area contributed by atoms with Crippen molar-refractivity contribution in [3.05, 3.63) is 40.2 Å². The zero-order valence-electron chi connectivity index (χ0n) is 8.73. The smallest absolute Gasteiger partial charge is 0.350 e.